The van der Waals surface area contributed by atoms with Crippen molar-refractivity contribution in [2.75, 3.05) is 4.90 Å². The quantitative estimate of drug-likeness (QED) is 0.275. The minimum absolute atomic E-state index is 0.281. The van der Waals surface area contributed by atoms with Crippen LogP contribution >= 0.6 is 0 Å². The molecule has 2 aromatic rings. The van der Waals surface area contributed by atoms with Crippen LogP contribution in [0.25, 0.3) is 10.8 Å². The molecule has 0 bridgehead atoms. The van der Waals surface area contributed by atoms with E-state index in [1.165, 1.54) is 4.90 Å². The highest BCUT2D eigenvalue weighted by Gasteiger charge is 2.39. The fourth-order valence-electron chi connectivity index (χ4n) is 3.40. The Morgan fingerprint density at radius 1 is 0.963 bits per heavy atom. The number of carbonyl (C=O) groups excluding carboxylic acids is 3. The highest BCUT2D eigenvalue weighted by atomic mass is 16.5. The van der Waals surface area contributed by atoms with Crippen LogP contribution in [-0.4, -0.2) is 17.8 Å². The van der Waals surface area contributed by atoms with Gasteiger partial charge in [-0.2, -0.15) is 0 Å². The minimum atomic E-state index is -0.524. The molecule has 0 N–H and O–H groups in total. The fraction of sp³-hybridized carbons (Fsp3) is 0.136. The van der Waals surface area contributed by atoms with Crippen molar-refractivity contribution in [2.45, 2.75) is 19.8 Å². The van der Waals surface area contributed by atoms with E-state index in [1.807, 2.05) is 12.2 Å². The Morgan fingerprint density at radius 2 is 1.56 bits per heavy atom. The van der Waals surface area contributed by atoms with Crippen molar-refractivity contribution < 1.29 is 19.1 Å². The third-order valence-corrected chi connectivity index (χ3v) is 4.75. The first-order valence-corrected chi connectivity index (χ1v) is 8.64. The Hall–Kier alpha value is -3.47. The van der Waals surface area contributed by atoms with Gasteiger partial charge in [0.25, 0.3) is 11.8 Å². The maximum atomic E-state index is 12.9. The van der Waals surface area contributed by atoms with E-state index in [9.17, 15) is 14.4 Å². The molecule has 5 heteroatoms. The predicted molar refractivity (Wildman–Crippen MR) is 102 cm³/mol. The standard InChI is InChI=1S/C22H17NO4/c1-13(2)22(26)27-19-12-6-9-14-15(19)10-5-11-18(14)23-20(24)16-7-3-4-8-17(16)21(23)25/h3-6,9-12H,1,7-8H2,2H3. The number of amides is 2. The maximum absolute atomic E-state index is 12.9. The van der Waals surface area contributed by atoms with Crippen LogP contribution in [0.1, 0.15) is 19.8 Å². The average Bonchev–Trinajstić information content (AvgIpc) is 2.92. The Balaban J connectivity index is 1.80. The number of anilines is 1. The van der Waals surface area contributed by atoms with E-state index < -0.39 is 5.97 Å². The third kappa shape index (κ3) is 2.68. The number of hydrogen-bond acceptors (Lipinski definition) is 4. The second kappa shape index (κ2) is 6.36. The van der Waals surface area contributed by atoms with E-state index in [0.29, 0.717) is 46.2 Å². The van der Waals surface area contributed by atoms with E-state index in [1.54, 1.807) is 43.3 Å². The zero-order chi connectivity index (χ0) is 19.1. The summed E-state index contributed by atoms with van der Waals surface area (Å²) in [4.78, 5) is 38.9. The highest BCUT2D eigenvalue weighted by Crippen LogP contribution is 2.38. The molecule has 27 heavy (non-hydrogen) atoms. The summed E-state index contributed by atoms with van der Waals surface area (Å²) in [5.41, 5.74) is 1.90. The van der Waals surface area contributed by atoms with Crippen LogP contribution in [0.15, 0.2) is 71.8 Å². The molecule has 1 heterocycles. The lowest BCUT2D eigenvalue weighted by atomic mass is 9.99. The summed E-state index contributed by atoms with van der Waals surface area (Å²) in [5.74, 6) is -0.724. The number of rotatable bonds is 3. The summed E-state index contributed by atoms with van der Waals surface area (Å²) in [5, 5.41) is 1.31. The molecule has 2 aliphatic rings. The molecular weight excluding hydrogens is 342 g/mol. The molecule has 2 amide bonds. The summed E-state index contributed by atoms with van der Waals surface area (Å²) in [6.45, 7) is 5.16. The van der Waals surface area contributed by atoms with Crippen LogP contribution in [0, 0.1) is 0 Å². The lowest BCUT2D eigenvalue weighted by Gasteiger charge is -2.18. The number of esters is 1. The Bertz CT molecular complexity index is 1060. The summed E-state index contributed by atoms with van der Waals surface area (Å²) in [6, 6.07) is 10.5. The van der Waals surface area contributed by atoms with Gasteiger partial charge in [-0.1, -0.05) is 43.0 Å². The monoisotopic (exact) mass is 359 g/mol. The van der Waals surface area contributed by atoms with E-state index in [4.69, 9.17) is 4.74 Å². The third-order valence-electron chi connectivity index (χ3n) is 4.75. The number of imide groups is 1. The predicted octanol–water partition coefficient (Wildman–Crippen LogP) is 3.84. The molecule has 0 atom stereocenters. The number of fused-ring (bicyclic) bond motifs is 1. The Kier molecular flexibility index (Phi) is 4.00. The molecule has 0 aromatic heterocycles. The first-order valence-electron chi connectivity index (χ1n) is 8.64. The maximum Gasteiger partial charge on any atom is 0.338 e. The second-order valence-electron chi connectivity index (χ2n) is 6.58. The van der Waals surface area contributed by atoms with Crippen molar-refractivity contribution in [1.82, 2.24) is 0 Å². The first-order chi connectivity index (χ1) is 13.0. The minimum Gasteiger partial charge on any atom is -0.423 e. The van der Waals surface area contributed by atoms with Crippen LogP contribution < -0.4 is 9.64 Å². The van der Waals surface area contributed by atoms with Gasteiger partial charge in [0.05, 0.1) is 5.69 Å². The molecule has 0 unspecified atom stereocenters. The Morgan fingerprint density at radius 3 is 2.19 bits per heavy atom. The largest absolute Gasteiger partial charge is 0.423 e. The van der Waals surface area contributed by atoms with E-state index >= 15 is 0 Å². The van der Waals surface area contributed by atoms with Crippen LogP contribution in [0.2, 0.25) is 0 Å². The van der Waals surface area contributed by atoms with Gasteiger partial charge in [0.1, 0.15) is 5.75 Å². The van der Waals surface area contributed by atoms with Crippen molar-refractivity contribution >= 4 is 34.2 Å². The topological polar surface area (TPSA) is 63.7 Å². The fourth-order valence-corrected chi connectivity index (χ4v) is 3.40. The smallest absolute Gasteiger partial charge is 0.338 e. The van der Waals surface area contributed by atoms with Gasteiger partial charge < -0.3 is 4.74 Å². The summed E-state index contributed by atoms with van der Waals surface area (Å²) < 4.78 is 5.41. The van der Waals surface area contributed by atoms with Gasteiger partial charge in [0.2, 0.25) is 0 Å². The van der Waals surface area contributed by atoms with Crippen molar-refractivity contribution in [3.8, 4) is 5.75 Å². The molecule has 1 aliphatic heterocycles. The zero-order valence-corrected chi connectivity index (χ0v) is 14.8. The molecule has 2 aromatic carbocycles. The van der Waals surface area contributed by atoms with Gasteiger partial charge in [-0.3, -0.25) is 9.59 Å². The van der Waals surface area contributed by atoms with Crippen molar-refractivity contribution in [2.24, 2.45) is 0 Å². The number of carbonyl (C=O) groups is 3. The molecule has 1 aliphatic carbocycles. The molecule has 5 nitrogen and oxygen atoms in total. The lowest BCUT2D eigenvalue weighted by molar-refractivity contribution is -0.130. The molecule has 0 spiro atoms. The number of ether oxygens (including phenoxy) is 1. The molecule has 0 saturated carbocycles. The van der Waals surface area contributed by atoms with Gasteiger partial charge in [0, 0.05) is 27.5 Å². The first kappa shape index (κ1) is 17.0. The van der Waals surface area contributed by atoms with Crippen LogP contribution in [0.3, 0.4) is 0 Å². The second-order valence-corrected chi connectivity index (χ2v) is 6.58. The van der Waals surface area contributed by atoms with E-state index in [0.717, 1.165) is 0 Å². The summed E-state index contributed by atoms with van der Waals surface area (Å²) in [7, 11) is 0. The van der Waals surface area contributed by atoms with E-state index in [2.05, 4.69) is 6.58 Å². The number of nitrogens with zero attached hydrogens (tertiary/aromatic N) is 1. The normalized spacial score (nSPS) is 16.1. The number of benzene rings is 2. The van der Waals surface area contributed by atoms with Gasteiger partial charge in [0.15, 0.2) is 0 Å². The van der Waals surface area contributed by atoms with Gasteiger partial charge in [-0.05, 0) is 31.9 Å². The SMILES string of the molecule is C=C(C)C(=O)Oc1cccc2c(N3C(=O)C4=C(CC=CC4)C3=O)cccc12. The molecule has 0 radical (unpaired) electrons. The van der Waals surface area contributed by atoms with Crippen LogP contribution in [0.4, 0.5) is 5.69 Å². The van der Waals surface area contributed by atoms with Gasteiger partial charge in [-0.25, -0.2) is 9.69 Å². The summed E-state index contributed by atoms with van der Waals surface area (Å²) >= 11 is 0. The molecule has 4 rings (SSSR count). The van der Waals surface area contributed by atoms with Crippen LogP contribution in [-0.2, 0) is 14.4 Å². The lowest BCUT2D eigenvalue weighted by Crippen LogP contribution is -2.31. The number of allylic oxidation sites excluding steroid dienone is 2. The molecule has 0 fully saturated rings. The Labute approximate surface area is 156 Å². The van der Waals surface area contributed by atoms with Crippen molar-refractivity contribution in [3.05, 3.63) is 71.8 Å². The highest BCUT2D eigenvalue weighted by molar-refractivity contribution is 6.35. The average molecular weight is 359 g/mol. The van der Waals surface area contributed by atoms with Gasteiger partial charge in [-0.15, -0.1) is 0 Å². The van der Waals surface area contributed by atoms with Gasteiger partial charge >= 0.3 is 5.97 Å². The van der Waals surface area contributed by atoms with Crippen molar-refractivity contribution in [1.29, 1.82) is 0 Å². The molecular formula is C22H17NO4. The zero-order valence-electron chi connectivity index (χ0n) is 14.8. The van der Waals surface area contributed by atoms with Crippen molar-refractivity contribution in [3.63, 3.8) is 0 Å². The molecule has 134 valence electrons. The van der Waals surface area contributed by atoms with Crippen LogP contribution in [0.5, 0.6) is 5.75 Å². The molecule has 0 saturated heterocycles. The van der Waals surface area contributed by atoms with E-state index in [-0.39, 0.29) is 17.4 Å². The summed E-state index contributed by atoms with van der Waals surface area (Å²) in [6.07, 6.45) is 4.77. The number of hydrogen-bond donors (Lipinski definition) is 0.